The molecular formula is C22H18N4O4S. The van der Waals surface area contributed by atoms with Gasteiger partial charge in [0.2, 0.25) is 11.8 Å². The summed E-state index contributed by atoms with van der Waals surface area (Å²) in [5.74, 6) is 0.523. The number of primary amides is 1. The normalized spacial score (nSPS) is 10.6. The van der Waals surface area contributed by atoms with E-state index in [0.29, 0.717) is 16.6 Å². The third-order valence-electron chi connectivity index (χ3n) is 4.38. The van der Waals surface area contributed by atoms with E-state index in [1.165, 1.54) is 17.5 Å². The number of ether oxygens (including phenoxy) is 2. The lowest BCUT2D eigenvalue weighted by atomic mass is 10.1. The minimum absolute atomic E-state index is 0.132. The molecule has 0 saturated heterocycles. The lowest BCUT2D eigenvalue weighted by molar-refractivity contribution is -0.115. The van der Waals surface area contributed by atoms with Crippen LogP contribution in [-0.4, -0.2) is 28.9 Å². The number of amides is 2. The summed E-state index contributed by atoms with van der Waals surface area (Å²) < 4.78 is 11.8. The van der Waals surface area contributed by atoms with Gasteiger partial charge in [-0.25, -0.2) is 9.97 Å². The van der Waals surface area contributed by atoms with Gasteiger partial charge in [-0.1, -0.05) is 23.5 Å². The van der Waals surface area contributed by atoms with Crippen molar-refractivity contribution in [3.05, 3.63) is 71.9 Å². The van der Waals surface area contributed by atoms with Gasteiger partial charge in [-0.2, -0.15) is 0 Å². The molecule has 0 aliphatic rings. The quantitative estimate of drug-likeness (QED) is 0.457. The Morgan fingerprint density at radius 1 is 1.10 bits per heavy atom. The summed E-state index contributed by atoms with van der Waals surface area (Å²) >= 11 is 1.40. The molecule has 2 amide bonds. The molecule has 2 aromatic heterocycles. The fourth-order valence-corrected chi connectivity index (χ4v) is 3.75. The van der Waals surface area contributed by atoms with Gasteiger partial charge < -0.3 is 20.5 Å². The minimum atomic E-state index is -0.621. The molecule has 31 heavy (non-hydrogen) atoms. The molecule has 0 atom stereocenters. The molecule has 0 radical (unpaired) electrons. The van der Waals surface area contributed by atoms with Crippen LogP contribution in [0.5, 0.6) is 17.4 Å². The molecule has 0 spiro atoms. The highest BCUT2D eigenvalue weighted by atomic mass is 32.1. The predicted octanol–water partition coefficient (Wildman–Crippen LogP) is 3.77. The number of nitrogens with zero attached hydrogens (tertiary/aromatic N) is 2. The van der Waals surface area contributed by atoms with Crippen LogP contribution in [0.4, 0.5) is 5.13 Å². The number of thiazole rings is 1. The van der Waals surface area contributed by atoms with E-state index < -0.39 is 5.91 Å². The molecule has 9 heteroatoms. The van der Waals surface area contributed by atoms with Crippen LogP contribution in [0.25, 0.3) is 10.2 Å². The summed E-state index contributed by atoms with van der Waals surface area (Å²) in [5, 5.41) is 3.36. The number of carbonyl (C=O) groups excluding carboxylic acids is 2. The van der Waals surface area contributed by atoms with Gasteiger partial charge in [0.25, 0.3) is 5.91 Å². The highest BCUT2D eigenvalue weighted by Gasteiger charge is 2.12. The first-order chi connectivity index (χ1) is 15.0. The van der Waals surface area contributed by atoms with Gasteiger partial charge in [0.15, 0.2) is 5.13 Å². The molecule has 0 aliphatic heterocycles. The SMILES string of the molecule is COc1ccc2sc(NC(=O)Cc3ccc(Oc4ncccc4C(N)=O)cc3)nc2c1. The Morgan fingerprint density at radius 2 is 1.87 bits per heavy atom. The Labute approximate surface area is 181 Å². The second-order valence-corrected chi connectivity index (χ2v) is 7.57. The minimum Gasteiger partial charge on any atom is -0.497 e. The zero-order valence-corrected chi connectivity index (χ0v) is 17.3. The molecule has 2 heterocycles. The van der Waals surface area contributed by atoms with Crippen molar-refractivity contribution < 1.29 is 19.1 Å². The largest absolute Gasteiger partial charge is 0.497 e. The topological polar surface area (TPSA) is 116 Å². The number of nitrogens with one attached hydrogen (secondary N) is 1. The van der Waals surface area contributed by atoms with Gasteiger partial charge in [-0.05, 0) is 42.0 Å². The van der Waals surface area contributed by atoms with Crippen LogP contribution >= 0.6 is 11.3 Å². The fourth-order valence-electron chi connectivity index (χ4n) is 2.88. The van der Waals surface area contributed by atoms with E-state index in [2.05, 4.69) is 15.3 Å². The van der Waals surface area contributed by atoms with Gasteiger partial charge in [-0.3, -0.25) is 9.59 Å². The molecule has 156 valence electrons. The number of hydrogen-bond acceptors (Lipinski definition) is 7. The van der Waals surface area contributed by atoms with Gasteiger partial charge >= 0.3 is 0 Å². The zero-order valence-electron chi connectivity index (χ0n) is 16.5. The molecule has 4 aromatic rings. The van der Waals surface area contributed by atoms with Crippen molar-refractivity contribution in [3.8, 4) is 17.4 Å². The summed E-state index contributed by atoms with van der Waals surface area (Å²) in [5.41, 5.74) is 7.09. The van der Waals surface area contributed by atoms with Crippen molar-refractivity contribution >= 4 is 38.5 Å². The van der Waals surface area contributed by atoms with E-state index in [4.69, 9.17) is 15.2 Å². The molecule has 3 N–H and O–H groups in total. The van der Waals surface area contributed by atoms with Gasteiger partial charge in [-0.15, -0.1) is 0 Å². The number of methoxy groups -OCH3 is 1. The van der Waals surface area contributed by atoms with Gasteiger partial charge in [0, 0.05) is 12.3 Å². The van der Waals surface area contributed by atoms with E-state index in [-0.39, 0.29) is 23.8 Å². The second-order valence-electron chi connectivity index (χ2n) is 6.54. The van der Waals surface area contributed by atoms with E-state index in [9.17, 15) is 9.59 Å². The van der Waals surface area contributed by atoms with E-state index >= 15 is 0 Å². The monoisotopic (exact) mass is 434 g/mol. The second kappa shape index (κ2) is 8.80. The van der Waals surface area contributed by atoms with Crippen LogP contribution in [0, 0.1) is 0 Å². The third kappa shape index (κ3) is 4.78. The van der Waals surface area contributed by atoms with Crippen molar-refractivity contribution in [2.45, 2.75) is 6.42 Å². The van der Waals surface area contributed by atoms with Crippen molar-refractivity contribution in [2.24, 2.45) is 5.73 Å². The van der Waals surface area contributed by atoms with Crippen LogP contribution in [0.15, 0.2) is 60.8 Å². The maximum Gasteiger partial charge on any atom is 0.254 e. The number of fused-ring (bicyclic) bond motifs is 1. The number of nitrogens with two attached hydrogens (primary N) is 1. The van der Waals surface area contributed by atoms with E-state index in [1.54, 1.807) is 43.5 Å². The van der Waals surface area contributed by atoms with Gasteiger partial charge in [0.1, 0.15) is 17.1 Å². The number of pyridine rings is 1. The highest BCUT2D eigenvalue weighted by Crippen LogP contribution is 2.29. The molecule has 0 unspecified atom stereocenters. The summed E-state index contributed by atoms with van der Waals surface area (Å²) in [4.78, 5) is 32.4. The predicted molar refractivity (Wildman–Crippen MR) is 118 cm³/mol. The van der Waals surface area contributed by atoms with Crippen LogP contribution in [0.2, 0.25) is 0 Å². The van der Waals surface area contributed by atoms with Crippen molar-refractivity contribution in [3.63, 3.8) is 0 Å². The molecule has 2 aromatic carbocycles. The molecular weight excluding hydrogens is 416 g/mol. The standard InChI is InChI=1S/C22H18N4O4S/c1-29-15-8-9-18-17(12-15)25-22(31-18)26-19(27)11-13-4-6-14(7-5-13)30-21-16(20(23)28)3-2-10-24-21/h2-10,12H,11H2,1H3,(H2,23,28)(H,25,26,27). The molecule has 0 aliphatic carbocycles. The Balaban J connectivity index is 1.40. The average Bonchev–Trinajstić information content (AvgIpc) is 3.16. The summed E-state index contributed by atoms with van der Waals surface area (Å²) in [6.45, 7) is 0. The smallest absolute Gasteiger partial charge is 0.254 e. The Morgan fingerprint density at radius 3 is 2.61 bits per heavy atom. The number of benzene rings is 2. The van der Waals surface area contributed by atoms with E-state index in [1.807, 2.05) is 18.2 Å². The first-order valence-electron chi connectivity index (χ1n) is 9.28. The van der Waals surface area contributed by atoms with Crippen LogP contribution in [-0.2, 0) is 11.2 Å². The molecule has 4 rings (SSSR count). The summed E-state index contributed by atoms with van der Waals surface area (Å²) in [7, 11) is 1.60. The summed E-state index contributed by atoms with van der Waals surface area (Å²) in [6, 6.07) is 15.7. The number of carbonyl (C=O) groups is 2. The Bertz CT molecular complexity index is 1250. The Kier molecular flexibility index (Phi) is 5.76. The molecule has 8 nitrogen and oxygen atoms in total. The first-order valence-corrected chi connectivity index (χ1v) is 10.1. The van der Waals surface area contributed by atoms with E-state index in [0.717, 1.165) is 15.8 Å². The third-order valence-corrected chi connectivity index (χ3v) is 5.33. The first kappa shape index (κ1) is 20.3. The highest BCUT2D eigenvalue weighted by molar-refractivity contribution is 7.22. The van der Waals surface area contributed by atoms with Crippen LogP contribution in [0.1, 0.15) is 15.9 Å². The molecule has 0 fully saturated rings. The fraction of sp³-hybridized carbons (Fsp3) is 0.0909. The average molecular weight is 434 g/mol. The number of aromatic nitrogens is 2. The van der Waals surface area contributed by atoms with Gasteiger partial charge in [0.05, 0.1) is 23.7 Å². The van der Waals surface area contributed by atoms with Crippen LogP contribution in [0.3, 0.4) is 0 Å². The number of rotatable bonds is 7. The Hall–Kier alpha value is -3.98. The summed E-state index contributed by atoms with van der Waals surface area (Å²) in [6.07, 6.45) is 1.69. The molecule has 0 saturated carbocycles. The lowest BCUT2D eigenvalue weighted by Crippen LogP contribution is -2.14. The zero-order chi connectivity index (χ0) is 21.8. The maximum atomic E-state index is 12.4. The number of hydrogen-bond donors (Lipinski definition) is 2. The maximum absolute atomic E-state index is 12.4. The van der Waals surface area contributed by atoms with Crippen molar-refractivity contribution in [2.75, 3.05) is 12.4 Å². The molecule has 0 bridgehead atoms. The lowest BCUT2D eigenvalue weighted by Gasteiger charge is -2.08. The van der Waals surface area contributed by atoms with Crippen LogP contribution < -0.4 is 20.5 Å². The number of anilines is 1. The van der Waals surface area contributed by atoms with Crippen molar-refractivity contribution in [1.29, 1.82) is 0 Å². The van der Waals surface area contributed by atoms with Crippen molar-refractivity contribution in [1.82, 2.24) is 9.97 Å².